The molecular formula is C24H32IN5. The Balaban J connectivity index is 0.00000320. The molecule has 1 aliphatic rings. The van der Waals surface area contributed by atoms with Crippen molar-refractivity contribution >= 4 is 35.6 Å². The Labute approximate surface area is 198 Å². The topological polar surface area (TPSA) is 42.9 Å². The van der Waals surface area contributed by atoms with Gasteiger partial charge in [0.2, 0.25) is 0 Å². The van der Waals surface area contributed by atoms with E-state index in [9.17, 15) is 0 Å². The number of terminal acetylenes is 1. The third-order valence-corrected chi connectivity index (χ3v) is 5.12. The highest BCUT2D eigenvalue weighted by Gasteiger charge is 2.18. The van der Waals surface area contributed by atoms with Gasteiger partial charge in [0, 0.05) is 45.0 Å². The number of nitrogens with zero attached hydrogens (tertiary/aromatic N) is 3. The largest absolute Gasteiger partial charge is 0.369 e. The molecular weight excluding hydrogens is 485 g/mol. The number of para-hydroxylation sites is 1. The van der Waals surface area contributed by atoms with Gasteiger partial charge < -0.3 is 15.5 Å². The lowest BCUT2D eigenvalue weighted by Gasteiger charge is -2.36. The standard InChI is InChI=1S/C24H31N5.HI/c1-3-14-26-24(25-4-2)27-19-21-10-8-9-11-22(21)20-28-15-17-29(18-16-28)23-12-6-5-7-13-23;/h1,5-13H,4,14-20H2,2H3,(H2,25,26,27);1H. The molecule has 0 aliphatic carbocycles. The van der Waals surface area contributed by atoms with Crippen molar-refractivity contribution < 1.29 is 0 Å². The lowest BCUT2D eigenvalue weighted by Crippen LogP contribution is -2.46. The molecule has 0 radical (unpaired) electrons. The van der Waals surface area contributed by atoms with E-state index in [2.05, 4.69) is 87.9 Å². The van der Waals surface area contributed by atoms with Gasteiger partial charge in [-0.2, -0.15) is 0 Å². The summed E-state index contributed by atoms with van der Waals surface area (Å²) in [4.78, 5) is 9.70. The zero-order chi connectivity index (χ0) is 20.3. The monoisotopic (exact) mass is 517 g/mol. The van der Waals surface area contributed by atoms with Gasteiger partial charge in [-0.25, -0.2) is 4.99 Å². The Morgan fingerprint density at radius 1 is 0.967 bits per heavy atom. The molecule has 0 spiro atoms. The van der Waals surface area contributed by atoms with E-state index in [0.29, 0.717) is 13.1 Å². The van der Waals surface area contributed by atoms with E-state index in [1.165, 1.54) is 16.8 Å². The van der Waals surface area contributed by atoms with Gasteiger partial charge in [-0.1, -0.05) is 48.4 Å². The molecule has 2 aromatic carbocycles. The summed E-state index contributed by atoms with van der Waals surface area (Å²) in [6.07, 6.45) is 5.35. The van der Waals surface area contributed by atoms with E-state index < -0.39 is 0 Å². The van der Waals surface area contributed by atoms with Gasteiger partial charge in [0.15, 0.2) is 5.96 Å². The third-order valence-electron chi connectivity index (χ3n) is 5.12. The first-order valence-corrected chi connectivity index (χ1v) is 10.3. The molecule has 3 rings (SSSR count). The van der Waals surface area contributed by atoms with Crippen LogP contribution in [0, 0.1) is 12.3 Å². The van der Waals surface area contributed by atoms with Crippen LogP contribution in [0.2, 0.25) is 0 Å². The van der Waals surface area contributed by atoms with E-state index in [1.54, 1.807) is 0 Å². The number of anilines is 1. The fraction of sp³-hybridized carbons (Fsp3) is 0.375. The molecule has 0 unspecified atom stereocenters. The quantitative estimate of drug-likeness (QED) is 0.256. The average Bonchev–Trinajstić information content (AvgIpc) is 2.78. The lowest BCUT2D eigenvalue weighted by molar-refractivity contribution is 0.249. The van der Waals surface area contributed by atoms with Gasteiger partial charge in [0.25, 0.3) is 0 Å². The van der Waals surface area contributed by atoms with Crippen molar-refractivity contribution in [1.82, 2.24) is 15.5 Å². The summed E-state index contributed by atoms with van der Waals surface area (Å²) < 4.78 is 0. The lowest BCUT2D eigenvalue weighted by atomic mass is 10.1. The van der Waals surface area contributed by atoms with E-state index in [-0.39, 0.29) is 24.0 Å². The Hall–Kier alpha value is -2.24. The van der Waals surface area contributed by atoms with Crippen LogP contribution in [0.25, 0.3) is 0 Å². The second kappa shape index (κ2) is 13.1. The molecule has 0 saturated carbocycles. The minimum Gasteiger partial charge on any atom is -0.369 e. The van der Waals surface area contributed by atoms with Crippen LogP contribution in [-0.2, 0) is 13.1 Å². The van der Waals surface area contributed by atoms with Crippen LogP contribution >= 0.6 is 24.0 Å². The molecule has 1 heterocycles. The smallest absolute Gasteiger partial charge is 0.192 e. The second-order valence-corrected chi connectivity index (χ2v) is 7.12. The molecule has 1 fully saturated rings. The minimum absolute atomic E-state index is 0. The number of rotatable bonds is 7. The normalized spacial score (nSPS) is 14.5. The second-order valence-electron chi connectivity index (χ2n) is 7.12. The predicted octanol–water partition coefficient (Wildman–Crippen LogP) is 3.32. The minimum atomic E-state index is 0. The van der Waals surface area contributed by atoms with Gasteiger partial charge in [-0.05, 0) is 30.2 Å². The molecule has 0 amide bonds. The van der Waals surface area contributed by atoms with Gasteiger partial charge in [-0.15, -0.1) is 30.4 Å². The van der Waals surface area contributed by atoms with Gasteiger partial charge in [0.1, 0.15) is 0 Å². The summed E-state index contributed by atoms with van der Waals surface area (Å²) in [6.45, 7) is 9.19. The fourth-order valence-electron chi connectivity index (χ4n) is 3.55. The number of hydrogen-bond donors (Lipinski definition) is 2. The molecule has 0 bridgehead atoms. The summed E-state index contributed by atoms with van der Waals surface area (Å²) >= 11 is 0. The average molecular weight is 517 g/mol. The molecule has 6 heteroatoms. The summed E-state index contributed by atoms with van der Waals surface area (Å²) in [5.41, 5.74) is 3.92. The van der Waals surface area contributed by atoms with Crippen molar-refractivity contribution in [3.8, 4) is 12.3 Å². The number of nitrogens with one attached hydrogen (secondary N) is 2. The Morgan fingerprint density at radius 2 is 1.63 bits per heavy atom. The van der Waals surface area contributed by atoms with E-state index in [1.807, 2.05) is 0 Å². The first kappa shape index (κ1) is 24.0. The molecule has 1 saturated heterocycles. The van der Waals surface area contributed by atoms with Crippen LogP contribution in [0.1, 0.15) is 18.1 Å². The van der Waals surface area contributed by atoms with Crippen LogP contribution in [-0.4, -0.2) is 50.1 Å². The maximum absolute atomic E-state index is 5.35. The maximum atomic E-state index is 5.35. The number of halogens is 1. The number of aliphatic imine (C=N–C) groups is 1. The SMILES string of the molecule is C#CCNC(=NCc1ccccc1CN1CCN(c2ccccc2)CC1)NCC.I. The van der Waals surface area contributed by atoms with Gasteiger partial charge in [0.05, 0.1) is 13.1 Å². The zero-order valence-corrected chi connectivity index (χ0v) is 20.0. The Morgan fingerprint density at radius 3 is 2.30 bits per heavy atom. The van der Waals surface area contributed by atoms with Crippen molar-refractivity contribution in [2.75, 3.05) is 44.2 Å². The molecule has 160 valence electrons. The number of hydrogen-bond acceptors (Lipinski definition) is 3. The summed E-state index contributed by atoms with van der Waals surface area (Å²) in [7, 11) is 0. The molecule has 0 atom stereocenters. The van der Waals surface area contributed by atoms with Crippen LogP contribution < -0.4 is 15.5 Å². The van der Waals surface area contributed by atoms with Crippen molar-refractivity contribution in [2.24, 2.45) is 4.99 Å². The maximum Gasteiger partial charge on any atom is 0.192 e. The molecule has 30 heavy (non-hydrogen) atoms. The molecule has 2 N–H and O–H groups in total. The Kier molecular flexibility index (Phi) is 10.5. The van der Waals surface area contributed by atoms with E-state index in [4.69, 9.17) is 11.4 Å². The highest BCUT2D eigenvalue weighted by atomic mass is 127. The molecule has 5 nitrogen and oxygen atoms in total. The van der Waals surface area contributed by atoms with Crippen molar-refractivity contribution in [3.05, 3.63) is 65.7 Å². The zero-order valence-electron chi connectivity index (χ0n) is 17.7. The summed E-state index contributed by atoms with van der Waals surface area (Å²) in [6, 6.07) is 19.3. The molecule has 2 aromatic rings. The van der Waals surface area contributed by atoms with Crippen molar-refractivity contribution in [1.29, 1.82) is 0 Å². The fourth-order valence-corrected chi connectivity index (χ4v) is 3.55. The summed E-state index contributed by atoms with van der Waals surface area (Å²) in [5.74, 6) is 3.35. The van der Waals surface area contributed by atoms with Crippen LogP contribution in [0.4, 0.5) is 5.69 Å². The highest BCUT2D eigenvalue weighted by Crippen LogP contribution is 2.18. The van der Waals surface area contributed by atoms with E-state index in [0.717, 1.165) is 45.2 Å². The van der Waals surface area contributed by atoms with Crippen LogP contribution in [0.5, 0.6) is 0 Å². The summed E-state index contributed by atoms with van der Waals surface area (Å²) in [5, 5.41) is 6.39. The number of piperazine rings is 1. The number of benzene rings is 2. The van der Waals surface area contributed by atoms with Crippen LogP contribution in [0.3, 0.4) is 0 Å². The third kappa shape index (κ3) is 7.22. The highest BCUT2D eigenvalue weighted by molar-refractivity contribution is 14.0. The first-order chi connectivity index (χ1) is 14.3. The van der Waals surface area contributed by atoms with Gasteiger partial charge in [-0.3, -0.25) is 4.90 Å². The van der Waals surface area contributed by atoms with Gasteiger partial charge >= 0.3 is 0 Å². The Bertz CT molecular complexity index is 823. The predicted molar refractivity (Wildman–Crippen MR) is 137 cm³/mol. The van der Waals surface area contributed by atoms with Crippen molar-refractivity contribution in [2.45, 2.75) is 20.0 Å². The van der Waals surface area contributed by atoms with Crippen molar-refractivity contribution in [3.63, 3.8) is 0 Å². The molecule has 1 aliphatic heterocycles. The number of guanidine groups is 1. The van der Waals surface area contributed by atoms with E-state index >= 15 is 0 Å². The first-order valence-electron chi connectivity index (χ1n) is 10.3. The molecule has 0 aromatic heterocycles. The van der Waals surface area contributed by atoms with Crippen LogP contribution in [0.15, 0.2) is 59.6 Å².